The molecule has 0 unspecified atom stereocenters. The fraction of sp³-hybridized carbons (Fsp3) is 0.833. The lowest BCUT2D eigenvalue weighted by Crippen LogP contribution is -2.56. The summed E-state index contributed by atoms with van der Waals surface area (Å²) in [6.07, 6.45) is 20.5. The highest BCUT2D eigenvalue weighted by Gasteiger charge is 2.26. The van der Waals surface area contributed by atoms with Crippen molar-refractivity contribution < 1.29 is 34.1 Å². The van der Waals surface area contributed by atoms with Gasteiger partial charge in [0.1, 0.15) is 19.7 Å². The number of carboxylic acids is 1. The molecule has 0 aromatic rings. The normalized spacial score (nSPS) is 11.8. The van der Waals surface area contributed by atoms with Gasteiger partial charge in [-0.3, -0.25) is 9.28 Å². The van der Waals surface area contributed by atoms with E-state index < -0.39 is 30.5 Å². The van der Waals surface area contributed by atoms with E-state index in [4.69, 9.17) is 4.74 Å². The van der Waals surface area contributed by atoms with Crippen molar-refractivity contribution in [1.29, 1.82) is 0 Å². The van der Waals surface area contributed by atoms with Gasteiger partial charge in [0.05, 0.1) is 5.97 Å². The molecule has 0 aromatic carbocycles. The molecule has 7 nitrogen and oxygen atoms in total. The Hall–Kier alpha value is -1.44. The predicted molar refractivity (Wildman–Crippen MR) is 120 cm³/mol. The Labute approximate surface area is 188 Å². The molecule has 0 fully saturated rings. The standard InChI is InChI=1S/C24H45NO6/c1-2-3-4-5-6-7-8-9-10-11-12-13-14-15-16-17-24(30)31-19-18-25(21-26,22-27)20-23(28)29/h9-10,26-27H,2-8,11-22H2,1H3/b10-9-. The molecule has 182 valence electrons. The van der Waals surface area contributed by atoms with Crippen molar-refractivity contribution >= 4 is 11.9 Å². The second-order valence-electron chi connectivity index (χ2n) is 8.43. The number of allylic oxidation sites excluding steroid dienone is 2. The van der Waals surface area contributed by atoms with Gasteiger partial charge in [-0.2, -0.15) is 0 Å². The predicted octanol–water partition coefficient (Wildman–Crippen LogP) is 3.03. The summed E-state index contributed by atoms with van der Waals surface area (Å²) in [6, 6.07) is 0. The molecule has 0 rings (SSSR count). The Bertz CT molecular complexity index is 477. The lowest BCUT2D eigenvalue weighted by atomic mass is 10.1. The van der Waals surface area contributed by atoms with E-state index in [0.29, 0.717) is 6.42 Å². The molecule has 0 aliphatic heterocycles. The maximum atomic E-state index is 11.8. The molecule has 0 bridgehead atoms. The zero-order valence-corrected chi connectivity index (χ0v) is 19.6. The highest BCUT2D eigenvalue weighted by Crippen LogP contribution is 2.10. The topological polar surface area (TPSA) is 107 Å². The van der Waals surface area contributed by atoms with Crippen LogP contribution in [-0.2, 0) is 14.3 Å². The van der Waals surface area contributed by atoms with Crippen LogP contribution in [0.4, 0.5) is 0 Å². The minimum atomic E-state index is -1.37. The molecule has 0 heterocycles. The second-order valence-corrected chi connectivity index (χ2v) is 8.43. The average molecular weight is 444 g/mol. The lowest BCUT2D eigenvalue weighted by Gasteiger charge is -2.34. The van der Waals surface area contributed by atoms with Gasteiger partial charge >= 0.3 is 5.97 Å². The van der Waals surface area contributed by atoms with Crippen LogP contribution in [0.15, 0.2) is 12.2 Å². The van der Waals surface area contributed by atoms with Crippen molar-refractivity contribution in [1.82, 2.24) is 0 Å². The van der Waals surface area contributed by atoms with Crippen LogP contribution in [0.25, 0.3) is 0 Å². The maximum absolute atomic E-state index is 11.8. The van der Waals surface area contributed by atoms with Crippen molar-refractivity contribution in [3.05, 3.63) is 12.2 Å². The number of unbranched alkanes of at least 4 members (excludes halogenated alkanes) is 11. The number of hydrogen-bond acceptors (Lipinski definition) is 6. The van der Waals surface area contributed by atoms with E-state index in [1.807, 2.05) is 0 Å². The van der Waals surface area contributed by atoms with Crippen LogP contribution >= 0.6 is 0 Å². The first kappa shape index (κ1) is 29.6. The summed E-state index contributed by atoms with van der Waals surface area (Å²) in [5.41, 5.74) is 0. The molecular weight excluding hydrogens is 398 g/mol. The fourth-order valence-corrected chi connectivity index (χ4v) is 3.40. The summed E-state index contributed by atoms with van der Waals surface area (Å²) in [5, 5.41) is 29.4. The number of carbonyl (C=O) groups excluding carboxylic acids is 2. The van der Waals surface area contributed by atoms with E-state index in [0.717, 1.165) is 32.1 Å². The Balaban J connectivity index is 3.57. The molecular formula is C24H45NO6. The van der Waals surface area contributed by atoms with E-state index >= 15 is 0 Å². The fourth-order valence-electron chi connectivity index (χ4n) is 3.40. The summed E-state index contributed by atoms with van der Waals surface area (Å²) < 4.78 is 4.61. The smallest absolute Gasteiger partial charge is 0.305 e. The molecule has 31 heavy (non-hydrogen) atoms. The first-order valence-corrected chi connectivity index (χ1v) is 12.1. The van der Waals surface area contributed by atoms with Crippen LogP contribution in [0.2, 0.25) is 0 Å². The number of nitrogens with zero attached hydrogens (tertiary/aromatic N) is 1. The number of aliphatic carboxylic acids is 1. The molecule has 0 aromatic heterocycles. The first-order valence-electron chi connectivity index (χ1n) is 12.1. The molecule has 0 aliphatic rings. The van der Waals surface area contributed by atoms with Crippen LogP contribution in [0.1, 0.15) is 96.8 Å². The molecule has 0 spiro atoms. The van der Waals surface area contributed by atoms with Gasteiger partial charge < -0.3 is 24.9 Å². The lowest BCUT2D eigenvalue weighted by molar-refractivity contribution is -0.956. The van der Waals surface area contributed by atoms with E-state index in [9.17, 15) is 24.9 Å². The number of aliphatic hydroxyl groups is 2. The van der Waals surface area contributed by atoms with Crippen LogP contribution in [-0.4, -0.2) is 59.8 Å². The average Bonchev–Trinajstić information content (AvgIpc) is 2.75. The zero-order chi connectivity index (χ0) is 23.2. The molecule has 0 atom stereocenters. The molecule has 0 aliphatic carbocycles. The van der Waals surface area contributed by atoms with E-state index in [2.05, 4.69) is 19.1 Å². The van der Waals surface area contributed by atoms with Crippen molar-refractivity contribution in [3.63, 3.8) is 0 Å². The van der Waals surface area contributed by atoms with E-state index in [1.54, 1.807) is 0 Å². The quantitative estimate of drug-likeness (QED) is 0.0876. The zero-order valence-electron chi connectivity index (χ0n) is 19.6. The number of carbonyl (C=O) groups is 2. The van der Waals surface area contributed by atoms with Gasteiger partial charge in [-0.25, -0.2) is 0 Å². The monoisotopic (exact) mass is 443 g/mol. The van der Waals surface area contributed by atoms with Crippen LogP contribution in [0.5, 0.6) is 0 Å². The van der Waals surface area contributed by atoms with E-state index in [-0.39, 0.29) is 19.1 Å². The van der Waals surface area contributed by atoms with Crippen LogP contribution in [0, 0.1) is 0 Å². The summed E-state index contributed by atoms with van der Waals surface area (Å²) in [6.45, 7) is 0.579. The van der Waals surface area contributed by atoms with Gasteiger partial charge in [0.15, 0.2) is 13.5 Å². The molecule has 0 saturated heterocycles. The summed E-state index contributed by atoms with van der Waals surface area (Å²) in [7, 11) is 0. The Morgan fingerprint density at radius 2 is 1.35 bits per heavy atom. The minimum Gasteiger partial charge on any atom is -0.544 e. The molecule has 2 N–H and O–H groups in total. The number of aliphatic hydroxyl groups excluding tert-OH is 2. The Morgan fingerprint density at radius 3 is 1.87 bits per heavy atom. The van der Waals surface area contributed by atoms with Gasteiger partial charge in [0.2, 0.25) is 0 Å². The van der Waals surface area contributed by atoms with Crippen LogP contribution in [0.3, 0.4) is 0 Å². The van der Waals surface area contributed by atoms with Gasteiger partial charge in [0, 0.05) is 6.42 Å². The van der Waals surface area contributed by atoms with Gasteiger partial charge in [-0.15, -0.1) is 0 Å². The van der Waals surface area contributed by atoms with Gasteiger partial charge in [-0.05, 0) is 32.1 Å². The van der Waals surface area contributed by atoms with Crippen molar-refractivity contribution in [2.75, 3.05) is 33.2 Å². The highest BCUT2D eigenvalue weighted by molar-refractivity contribution is 5.69. The Morgan fingerprint density at radius 1 is 0.839 bits per heavy atom. The summed E-state index contributed by atoms with van der Waals surface area (Å²) in [5.74, 6) is -1.71. The summed E-state index contributed by atoms with van der Waals surface area (Å²) in [4.78, 5) is 22.5. The highest BCUT2D eigenvalue weighted by atomic mass is 16.5. The number of ether oxygens (including phenoxy) is 1. The molecule has 0 radical (unpaired) electrons. The minimum absolute atomic E-state index is 0.0269. The van der Waals surface area contributed by atoms with Gasteiger partial charge in [0.25, 0.3) is 0 Å². The maximum Gasteiger partial charge on any atom is 0.305 e. The van der Waals surface area contributed by atoms with Crippen molar-refractivity contribution in [2.45, 2.75) is 96.8 Å². The van der Waals surface area contributed by atoms with E-state index in [1.165, 1.54) is 51.4 Å². The SMILES string of the molecule is CCCCCCCC/C=C\CCCCCCCC(=O)OCC[N+](CO)(CO)CC(=O)[O-]. The molecule has 0 amide bonds. The number of quaternary nitrogens is 1. The van der Waals surface area contributed by atoms with Gasteiger partial charge in [-0.1, -0.05) is 70.4 Å². The van der Waals surface area contributed by atoms with Crippen molar-refractivity contribution in [2.24, 2.45) is 0 Å². The summed E-state index contributed by atoms with van der Waals surface area (Å²) >= 11 is 0. The Kier molecular flexibility index (Phi) is 19.5. The third kappa shape index (κ3) is 17.9. The largest absolute Gasteiger partial charge is 0.544 e. The number of carboxylic acid groups (broad SMARTS) is 1. The van der Waals surface area contributed by atoms with Crippen molar-refractivity contribution in [3.8, 4) is 0 Å². The number of hydrogen-bond donors (Lipinski definition) is 2. The second kappa shape index (κ2) is 20.5. The number of rotatable bonds is 22. The third-order valence-electron chi connectivity index (χ3n) is 5.54. The molecule has 0 saturated carbocycles. The number of esters is 1. The first-order chi connectivity index (χ1) is 15.0. The van der Waals surface area contributed by atoms with Crippen LogP contribution < -0.4 is 5.11 Å². The third-order valence-corrected chi connectivity index (χ3v) is 5.54. The molecule has 7 heteroatoms.